The lowest BCUT2D eigenvalue weighted by atomic mass is 10.0. The van der Waals surface area contributed by atoms with Crippen molar-refractivity contribution in [2.45, 2.75) is 40.3 Å². The molecule has 0 aliphatic carbocycles. The van der Waals surface area contributed by atoms with E-state index in [4.69, 9.17) is 5.11 Å². The fourth-order valence-electron chi connectivity index (χ4n) is 1.95. The minimum Gasteiger partial charge on any atom is -0.480 e. The van der Waals surface area contributed by atoms with Crippen LogP contribution >= 0.6 is 0 Å². The van der Waals surface area contributed by atoms with E-state index in [1.807, 2.05) is 19.9 Å². The fraction of sp³-hybridized carbons (Fsp3) is 0.500. The zero-order chi connectivity index (χ0) is 13.0. The molecular formula is C14H21NO2. The van der Waals surface area contributed by atoms with Crippen LogP contribution in [-0.2, 0) is 11.3 Å². The van der Waals surface area contributed by atoms with E-state index in [1.165, 1.54) is 16.7 Å². The van der Waals surface area contributed by atoms with Gasteiger partial charge in [0.05, 0.1) is 0 Å². The average Bonchev–Trinajstić information content (AvgIpc) is 2.21. The van der Waals surface area contributed by atoms with Crippen molar-refractivity contribution in [3.8, 4) is 0 Å². The third-order valence-corrected chi connectivity index (χ3v) is 3.08. The van der Waals surface area contributed by atoms with E-state index in [9.17, 15) is 4.79 Å². The third kappa shape index (κ3) is 3.56. The molecule has 0 bridgehead atoms. The molecule has 0 saturated carbocycles. The Labute approximate surface area is 103 Å². The van der Waals surface area contributed by atoms with E-state index in [0.717, 1.165) is 0 Å². The van der Waals surface area contributed by atoms with Crippen molar-refractivity contribution in [3.63, 3.8) is 0 Å². The maximum absolute atomic E-state index is 11.1. The summed E-state index contributed by atoms with van der Waals surface area (Å²) in [6, 6.07) is 5.63. The van der Waals surface area contributed by atoms with Crippen LogP contribution in [0, 0.1) is 19.8 Å². The molecule has 0 fully saturated rings. The monoisotopic (exact) mass is 235 g/mol. The molecule has 1 aromatic carbocycles. The van der Waals surface area contributed by atoms with Gasteiger partial charge in [0.15, 0.2) is 0 Å². The first-order valence-electron chi connectivity index (χ1n) is 5.94. The van der Waals surface area contributed by atoms with Crippen molar-refractivity contribution >= 4 is 5.97 Å². The van der Waals surface area contributed by atoms with E-state index in [1.54, 1.807) is 0 Å². The molecule has 0 radical (unpaired) electrons. The van der Waals surface area contributed by atoms with Crippen LogP contribution in [0.1, 0.15) is 30.5 Å². The number of aryl methyl sites for hydroxylation is 2. The number of aliphatic carboxylic acids is 1. The Bertz CT molecular complexity index is 379. The van der Waals surface area contributed by atoms with Crippen molar-refractivity contribution in [2.75, 3.05) is 0 Å². The second-order valence-electron chi connectivity index (χ2n) is 4.81. The Morgan fingerprint density at radius 2 is 1.82 bits per heavy atom. The Kier molecular flexibility index (Phi) is 4.70. The Balaban J connectivity index is 2.75. The van der Waals surface area contributed by atoms with E-state index in [0.29, 0.717) is 6.54 Å². The molecule has 0 aliphatic heterocycles. The van der Waals surface area contributed by atoms with Gasteiger partial charge >= 0.3 is 5.97 Å². The Morgan fingerprint density at radius 3 is 2.24 bits per heavy atom. The molecule has 3 heteroatoms. The molecule has 2 N–H and O–H groups in total. The summed E-state index contributed by atoms with van der Waals surface area (Å²) in [4.78, 5) is 11.1. The number of carbonyl (C=O) groups is 1. The summed E-state index contributed by atoms with van der Waals surface area (Å²) < 4.78 is 0. The van der Waals surface area contributed by atoms with Crippen LogP contribution in [0.4, 0.5) is 0 Å². The van der Waals surface area contributed by atoms with Crippen molar-refractivity contribution in [1.29, 1.82) is 0 Å². The minimum absolute atomic E-state index is 0.0804. The largest absolute Gasteiger partial charge is 0.480 e. The van der Waals surface area contributed by atoms with Gasteiger partial charge in [-0.1, -0.05) is 32.0 Å². The van der Waals surface area contributed by atoms with E-state index in [2.05, 4.69) is 31.3 Å². The first-order chi connectivity index (χ1) is 7.93. The summed E-state index contributed by atoms with van der Waals surface area (Å²) in [6.07, 6.45) is 0. The van der Waals surface area contributed by atoms with Gasteiger partial charge in [-0.15, -0.1) is 0 Å². The van der Waals surface area contributed by atoms with E-state index >= 15 is 0 Å². The van der Waals surface area contributed by atoms with Gasteiger partial charge in [-0.3, -0.25) is 4.79 Å². The summed E-state index contributed by atoms with van der Waals surface area (Å²) >= 11 is 0. The van der Waals surface area contributed by atoms with E-state index in [-0.39, 0.29) is 5.92 Å². The standard InChI is InChI=1S/C14H21NO2/c1-9(2)13(14(16)17)15-8-12-10(3)6-5-7-11(12)4/h5-7,9,13,15H,8H2,1-4H3,(H,16,17). The molecule has 0 aliphatic rings. The predicted molar refractivity (Wildman–Crippen MR) is 69.0 cm³/mol. The van der Waals surface area contributed by atoms with Crippen LogP contribution in [0.15, 0.2) is 18.2 Å². The van der Waals surface area contributed by atoms with E-state index < -0.39 is 12.0 Å². The van der Waals surface area contributed by atoms with Crippen molar-refractivity contribution in [1.82, 2.24) is 5.32 Å². The van der Waals surface area contributed by atoms with Gasteiger partial charge in [-0.25, -0.2) is 0 Å². The van der Waals surface area contributed by atoms with Crippen LogP contribution in [0.3, 0.4) is 0 Å². The highest BCUT2D eigenvalue weighted by molar-refractivity contribution is 5.73. The normalized spacial score (nSPS) is 12.8. The second kappa shape index (κ2) is 5.82. The minimum atomic E-state index is -0.786. The maximum Gasteiger partial charge on any atom is 0.320 e. The number of carboxylic acids is 1. The molecule has 0 heterocycles. The number of carboxylic acid groups (broad SMARTS) is 1. The number of benzene rings is 1. The highest BCUT2D eigenvalue weighted by Gasteiger charge is 2.20. The first-order valence-corrected chi connectivity index (χ1v) is 5.94. The lowest BCUT2D eigenvalue weighted by Crippen LogP contribution is -2.40. The lowest BCUT2D eigenvalue weighted by molar-refractivity contribution is -0.140. The molecule has 3 nitrogen and oxygen atoms in total. The molecule has 1 unspecified atom stereocenters. The molecule has 0 spiro atoms. The van der Waals surface area contributed by atoms with Crippen LogP contribution < -0.4 is 5.32 Å². The fourth-order valence-corrected chi connectivity index (χ4v) is 1.95. The summed E-state index contributed by atoms with van der Waals surface area (Å²) in [5.41, 5.74) is 3.59. The number of rotatable bonds is 5. The van der Waals surface area contributed by atoms with Gasteiger partial charge in [0.25, 0.3) is 0 Å². The highest BCUT2D eigenvalue weighted by Crippen LogP contribution is 2.13. The molecule has 0 saturated heterocycles. The number of hydrogen-bond acceptors (Lipinski definition) is 2. The average molecular weight is 235 g/mol. The molecule has 1 atom stereocenters. The quantitative estimate of drug-likeness (QED) is 0.824. The second-order valence-corrected chi connectivity index (χ2v) is 4.81. The van der Waals surface area contributed by atoms with Crippen molar-refractivity contribution < 1.29 is 9.90 Å². The van der Waals surface area contributed by atoms with Gasteiger partial charge in [-0.05, 0) is 36.5 Å². The smallest absolute Gasteiger partial charge is 0.320 e. The highest BCUT2D eigenvalue weighted by atomic mass is 16.4. The van der Waals surface area contributed by atoms with Gasteiger partial charge in [0.2, 0.25) is 0 Å². The zero-order valence-corrected chi connectivity index (χ0v) is 10.9. The molecule has 94 valence electrons. The van der Waals surface area contributed by atoms with Gasteiger partial charge in [0.1, 0.15) is 6.04 Å². The molecule has 1 aromatic rings. The predicted octanol–water partition coefficient (Wildman–Crippen LogP) is 2.50. The molecule has 0 amide bonds. The summed E-state index contributed by atoms with van der Waals surface area (Å²) in [6.45, 7) is 8.53. The SMILES string of the molecule is Cc1cccc(C)c1CNC(C(=O)O)C(C)C. The van der Waals surface area contributed by atoms with Crippen LogP contribution in [0.5, 0.6) is 0 Å². The molecule has 1 rings (SSSR count). The van der Waals surface area contributed by atoms with Crippen LogP contribution in [0.2, 0.25) is 0 Å². The van der Waals surface area contributed by atoms with Crippen LogP contribution in [-0.4, -0.2) is 17.1 Å². The maximum atomic E-state index is 11.1. The first kappa shape index (κ1) is 13.7. The van der Waals surface area contributed by atoms with Gasteiger partial charge in [-0.2, -0.15) is 0 Å². The molecular weight excluding hydrogens is 214 g/mol. The zero-order valence-electron chi connectivity index (χ0n) is 10.9. The summed E-state index contributed by atoms with van der Waals surface area (Å²) in [7, 11) is 0. The van der Waals surface area contributed by atoms with Crippen molar-refractivity contribution in [2.24, 2.45) is 5.92 Å². The lowest BCUT2D eigenvalue weighted by Gasteiger charge is -2.19. The Hall–Kier alpha value is -1.35. The summed E-state index contributed by atoms with van der Waals surface area (Å²) in [5, 5.41) is 12.2. The number of hydrogen-bond donors (Lipinski definition) is 2. The molecule has 17 heavy (non-hydrogen) atoms. The molecule has 0 aromatic heterocycles. The Morgan fingerprint density at radius 1 is 1.29 bits per heavy atom. The summed E-state index contributed by atoms with van der Waals surface area (Å²) in [5.74, 6) is -0.705. The van der Waals surface area contributed by atoms with Crippen molar-refractivity contribution in [3.05, 3.63) is 34.9 Å². The van der Waals surface area contributed by atoms with Gasteiger partial charge in [0, 0.05) is 6.54 Å². The number of nitrogens with one attached hydrogen (secondary N) is 1. The van der Waals surface area contributed by atoms with Crippen LogP contribution in [0.25, 0.3) is 0 Å². The topological polar surface area (TPSA) is 49.3 Å². The van der Waals surface area contributed by atoms with Gasteiger partial charge < -0.3 is 10.4 Å². The third-order valence-electron chi connectivity index (χ3n) is 3.08.